The fourth-order valence-electron chi connectivity index (χ4n) is 1.51. The van der Waals surface area contributed by atoms with Gasteiger partial charge < -0.3 is 14.6 Å². The van der Waals surface area contributed by atoms with Crippen LogP contribution in [0.1, 0.15) is 5.56 Å². The molecule has 1 aliphatic rings. The molecule has 0 aliphatic carbocycles. The van der Waals surface area contributed by atoms with E-state index >= 15 is 0 Å². The highest BCUT2D eigenvalue weighted by atomic mass is 16.6. The Labute approximate surface area is 83.3 Å². The summed E-state index contributed by atoms with van der Waals surface area (Å²) in [5.41, 5.74) is 0.822. The smallest absolute Gasteiger partial charge is 0.119 e. The first kappa shape index (κ1) is 9.49. The van der Waals surface area contributed by atoms with Crippen molar-refractivity contribution in [2.45, 2.75) is 12.0 Å². The zero-order valence-electron chi connectivity index (χ0n) is 8.19. The SMILES string of the molecule is COc1cccc(C[C@@]2(CO)CO2)c1. The van der Waals surface area contributed by atoms with E-state index in [1.165, 1.54) is 0 Å². The molecular formula is C11H14O3. The molecule has 0 spiro atoms. The van der Waals surface area contributed by atoms with Gasteiger partial charge in [-0.2, -0.15) is 0 Å². The minimum Gasteiger partial charge on any atom is -0.497 e. The third-order valence-corrected chi connectivity index (χ3v) is 2.50. The summed E-state index contributed by atoms with van der Waals surface area (Å²) in [7, 11) is 1.65. The summed E-state index contributed by atoms with van der Waals surface area (Å²) < 4.78 is 10.4. The Bertz CT molecular complexity index is 318. The number of hydrogen-bond donors (Lipinski definition) is 1. The van der Waals surface area contributed by atoms with Gasteiger partial charge in [-0.3, -0.25) is 0 Å². The quantitative estimate of drug-likeness (QED) is 0.727. The Balaban J connectivity index is 2.09. The second kappa shape index (κ2) is 3.59. The molecule has 1 fully saturated rings. The third-order valence-electron chi connectivity index (χ3n) is 2.50. The van der Waals surface area contributed by atoms with E-state index in [2.05, 4.69) is 0 Å². The second-order valence-corrected chi connectivity index (χ2v) is 3.66. The van der Waals surface area contributed by atoms with Crippen LogP contribution >= 0.6 is 0 Å². The summed E-state index contributed by atoms with van der Waals surface area (Å²) in [6.07, 6.45) is 0.751. The fourth-order valence-corrected chi connectivity index (χ4v) is 1.51. The molecule has 1 saturated heterocycles. The molecular weight excluding hydrogens is 180 g/mol. The number of aliphatic hydroxyl groups excluding tert-OH is 1. The summed E-state index contributed by atoms with van der Waals surface area (Å²) in [5, 5.41) is 9.09. The molecule has 2 rings (SSSR count). The van der Waals surface area contributed by atoms with Crippen molar-refractivity contribution >= 4 is 0 Å². The Hall–Kier alpha value is -1.06. The van der Waals surface area contributed by atoms with Crippen LogP contribution in [0, 0.1) is 0 Å². The van der Waals surface area contributed by atoms with Crippen molar-refractivity contribution in [2.75, 3.05) is 20.3 Å². The molecule has 1 aromatic rings. The van der Waals surface area contributed by atoms with Crippen molar-refractivity contribution in [3.8, 4) is 5.75 Å². The number of methoxy groups -OCH3 is 1. The Morgan fingerprint density at radius 1 is 1.57 bits per heavy atom. The van der Waals surface area contributed by atoms with E-state index in [-0.39, 0.29) is 12.2 Å². The maximum absolute atomic E-state index is 9.09. The van der Waals surface area contributed by atoms with Gasteiger partial charge in [0.1, 0.15) is 11.4 Å². The van der Waals surface area contributed by atoms with E-state index < -0.39 is 0 Å². The van der Waals surface area contributed by atoms with Gasteiger partial charge in [0, 0.05) is 6.42 Å². The lowest BCUT2D eigenvalue weighted by atomic mass is 10.0. The van der Waals surface area contributed by atoms with Gasteiger partial charge in [-0.15, -0.1) is 0 Å². The Morgan fingerprint density at radius 3 is 2.93 bits per heavy atom. The maximum Gasteiger partial charge on any atom is 0.119 e. The van der Waals surface area contributed by atoms with Gasteiger partial charge >= 0.3 is 0 Å². The van der Waals surface area contributed by atoms with Crippen molar-refractivity contribution in [1.82, 2.24) is 0 Å². The summed E-state index contributed by atoms with van der Waals surface area (Å²) in [5.74, 6) is 0.844. The summed E-state index contributed by atoms with van der Waals surface area (Å²) in [4.78, 5) is 0. The topological polar surface area (TPSA) is 42.0 Å². The third kappa shape index (κ3) is 1.89. The number of epoxide rings is 1. The van der Waals surface area contributed by atoms with Gasteiger partial charge in [-0.25, -0.2) is 0 Å². The Morgan fingerprint density at radius 2 is 2.36 bits per heavy atom. The van der Waals surface area contributed by atoms with Crippen LogP contribution in [0.4, 0.5) is 0 Å². The van der Waals surface area contributed by atoms with Crippen LogP contribution in [0.2, 0.25) is 0 Å². The highest BCUT2D eigenvalue weighted by Gasteiger charge is 2.44. The lowest BCUT2D eigenvalue weighted by Gasteiger charge is -2.09. The number of hydrogen-bond acceptors (Lipinski definition) is 3. The Kier molecular flexibility index (Phi) is 2.44. The van der Waals surface area contributed by atoms with Gasteiger partial charge in [0.25, 0.3) is 0 Å². The number of ether oxygens (including phenoxy) is 2. The predicted octanol–water partition coefficient (Wildman–Crippen LogP) is 0.999. The molecule has 3 heteroatoms. The molecule has 1 N–H and O–H groups in total. The molecule has 0 saturated carbocycles. The maximum atomic E-state index is 9.09. The first-order valence-electron chi connectivity index (χ1n) is 4.66. The van der Waals surface area contributed by atoms with Crippen molar-refractivity contribution < 1.29 is 14.6 Å². The van der Waals surface area contributed by atoms with E-state index in [9.17, 15) is 0 Å². The zero-order chi connectivity index (χ0) is 10.0. The van der Waals surface area contributed by atoms with Crippen molar-refractivity contribution in [1.29, 1.82) is 0 Å². The van der Waals surface area contributed by atoms with Crippen LogP contribution in [-0.2, 0) is 11.2 Å². The molecule has 0 amide bonds. The summed E-state index contributed by atoms with van der Waals surface area (Å²) >= 11 is 0. The first-order chi connectivity index (χ1) is 6.78. The van der Waals surface area contributed by atoms with Crippen LogP contribution in [0.5, 0.6) is 5.75 Å². The fraction of sp³-hybridized carbons (Fsp3) is 0.455. The minimum atomic E-state index is -0.313. The standard InChI is InChI=1S/C11H14O3/c1-13-10-4-2-3-9(5-10)6-11(7-12)8-14-11/h2-5,12H,6-8H2,1H3/t11-/m1/s1. The predicted molar refractivity (Wildman–Crippen MR) is 52.5 cm³/mol. The normalized spacial score (nSPS) is 24.7. The van der Waals surface area contributed by atoms with Crippen LogP contribution in [0.25, 0.3) is 0 Å². The van der Waals surface area contributed by atoms with Crippen molar-refractivity contribution in [3.63, 3.8) is 0 Å². The van der Waals surface area contributed by atoms with E-state index in [0.717, 1.165) is 17.7 Å². The average Bonchev–Trinajstić information content (AvgIpc) is 2.99. The summed E-state index contributed by atoms with van der Waals surface area (Å²) in [6.45, 7) is 0.741. The van der Waals surface area contributed by atoms with Gasteiger partial charge in [-0.05, 0) is 17.7 Å². The highest BCUT2D eigenvalue weighted by Crippen LogP contribution is 2.31. The molecule has 14 heavy (non-hydrogen) atoms. The van der Waals surface area contributed by atoms with Gasteiger partial charge in [-0.1, -0.05) is 12.1 Å². The van der Waals surface area contributed by atoms with E-state index in [1.54, 1.807) is 7.11 Å². The largest absolute Gasteiger partial charge is 0.497 e. The molecule has 0 unspecified atom stereocenters. The monoisotopic (exact) mass is 194 g/mol. The summed E-state index contributed by atoms with van der Waals surface area (Å²) in [6, 6.07) is 7.84. The van der Waals surface area contributed by atoms with Crippen LogP contribution in [0.3, 0.4) is 0 Å². The van der Waals surface area contributed by atoms with E-state index in [1.807, 2.05) is 24.3 Å². The van der Waals surface area contributed by atoms with Gasteiger partial charge in [0.2, 0.25) is 0 Å². The molecule has 3 nitrogen and oxygen atoms in total. The van der Waals surface area contributed by atoms with Gasteiger partial charge in [0.05, 0.1) is 20.3 Å². The lowest BCUT2D eigenvalue weighted by molar-refractivity contribution is 0.171. The molecule has 1 aliphatic heterocycles. The van der Waals surface area contributed by atoms with Crippen LogP contribution in [-0.4, -0.2) is 31.0 Å². The van der Waals surface area contributed by atoms with E-state index in [4.69, 9.17) is 14.6 Å². The van der Waals surface area contributed by atoms with Crippen LogP contribution in [0.15, 0.2) is 24.3 Å². The second-order valence-electron chi connectivity index (χ2n) is 3.66. The van der Waals surface area contributed by atoms with Crippen molar-refractivity contribution in [2.24, 2.45) is 0 Å². The molecule has 0 radical (unpaired) electrons. The molecule has 0 bridgehead atoms. The number of benzene rings is 1. The molecule has 0 aromatic heterocycles. The average molecular weight is 194 g/mol. The molecule has 76 valence electrons. The van der Waals surface area contributed by atoms with Crippen LogP contribution < -0.4 is 4.74 Å². The lowest BCUT2D eigenvalue weighted by Crippen LogP contribution is -2.19. The molecule has 1 atom stereocenters. The number of rotatable bonds is 4. The number of aliphatic hydroxyl groups is 1. The van der Waals surface area contributed by atoms with Crippen molar-refractivity contribution in [3.05, 3.63) is 29.8 Å². The first-order valence-corrected chi connectivity index (χ1v) is 4.66. The zero-order valence-corrected chi connectivity index (χ0v) is 8.19. The minimum absolute atomic E-state index is 0.0875. The highest BCUT2D eigenvalue weighted by molar-refractivity contribution is 5.30. The van der Waals surface area contributed by atoms with E-state index in [0.29, 0.717) is 6.61 Å². The molecule has 1 aromatic carbocycles. The van der Waals surface area contributed by atoms with Gasteiger partial charge in [0.15, 0.2) is 0 Å². The molecule has 1 heterocycles.